The molecular formula is C14H20FNOS. The maximum absolute atomic E-state index is 12.9. The van der Waals surface area contributed by atoms with Gasteiger partial charge in [0.15, 0.2) is 0 Å². The van der Waals surface area contributed by atoms with Crippen molar-refractivity contribution in [3.05, 3.63) is 42.0 Å². The van der Waals surface area contributed by atoms with Crippen molar-refractivity contribution in [3.63, 3.8) is 0 Å². The first-order valence-electron chi connectivity index (χ1n) is 5.91. The molecule has 0 saturated carbocycles. The molecule has 4 heteroatoms. The minimum atomic E-state index is -1.27. The van der Waals surface area contributed by atoms with Crippen LogP contribution in [0.15, 0.2) is 36.4 Å². The quantitative estimate of drug-likeness (QED) is 0.834. The van der Waals surface area contributed by atoms with Gasteiger partial charge in [-0.05, 0) is 26.3 Å². The molecule has 0 amide bonds. The van der Waals surface area contributed by atoms with E-state index in [1.165, 1.54) is 0 Å². The first kappa shape index (κ1) is 15.2. The molecule has 18 heavy (non-hydrogen) atoms. The van der Waals surface area contributed by atoms with Crippen LogP contribution < -0.4 is 4.72 Å². The number of benzene rings is 1. The second-order valence-corrected chi connectivity index (χ2v) is 7.03. The van der Waals surface area contributed by atoms with Crippen molar-refractivity contribution in [1.29, 1.82) is 0 Å². The molecule has 0 aliphatic heterocycles. The van der Waals surface area contributed by atoms with E-state index in [1.807, 2.05) is 57.2 Å². The summed E-state index contributed by atoms with van der Waals surface area (Å²) in [6.45, 7) is 4.98. The molecule has 0 spiro atoms. The number of halogens is 1. The van der Waals surface area contributed by atoms with Gasteiger partial charge in [0, 0.05) is 11.4 Å². The molecule has 1 rings (SSSR count). The third-order valence-electron chi connectivity index (χ3n) is 2.30. The fourth-order valence-corrected chi connectivity index (χ4v) is 2.00. The van der Waals surface area contributed by atoms with E-state index >= 15 is 0 Å². The van der Waals surface area contributed by atoms with Gasteiger partial charge in [0.1, 0.15) is 11.4 Å². The SMILES string of the molecule is CC(C)(C)[S@@+]([O-])N[C@H](C=Cc1ccccc1)CF. The van der Waals surface area contributed by atoms with Crippen LogP contribution in [-0.4, -0.2) is 22.0 Å². The van der Waals surface area contributed by atoms with Crippen LogP contribution in [0.2, 0.25) is 0 Å². The predicted molar refractivity (Wildman–Crippen MR) is 76.3 cm³/mol. The fraction of sp³-hybridized carbons (Fsp3) is 0.429. The van der Waals surface area contributed by atoms with Crippen LogP contribution in [0.1, 0.15) is 26.3 Å². The fourth-order valence-electron chi connectivity index (χ4n) is 1.23. The van der Waals surface area contributed by atoms with Gasteiger partial charge in [0.2, 0.25) is 0 Å². The van der Waals surface area contributed by atoms with Gasteiger partial charge in [-0.3, -0.25) is 0 Å². The number of rotatable bonds is 5. The lowest BCUT2D eigenvalue weighted by atomic mass is 10.2. The van der Waals surface area contributed by atoms with Gasteiger partial charge in [-0.15, -0.1) is 4.72 Å². The summed E-state index contributed by atoms with van der Waals surface area (Å²) in [7, 11) is 0. The van der Waals surface area contributed by atoms with Crippen LogP contribution in [0.4, 0.5) is 4.39 Å². The molecule has 0 unspecified atom stereocenters. The zero-order valence-electron chi connectivity index (χ0n) is 11.0. The monoisotopic (exact) mass is 269 g/mol. The maximum Gasteiger partial charge on any atom is 0.136 e. The molecule has 1 N–H and O–H groups in total. The highest BCUT2D eigenvalue weighted by Gasteiger charge is 2.28. The third-order valence-corrected chi connectivity index (χ3v) is 3.93. The first-order chi connectivity index (χ1) is 8.43. The van der Waals surface area contributed by atoms with E-state index in [4.69, 9.17) is 0 Å². The molecule has 1 aromatic rings. The molecule has 0 heterocycles. The topological polar surface area (TPSA) is 35.1 Å². The minimum absolute atomic E-state index is 0.395. The lowest BCUT2D eigenvalue weighted by molar-refractivity contribution is 0.440. The number of hydrogen-bond acceptors (Lipinski definition) is 2. The van der Waals surface area contributed by atoms with Crippen molar-refractivity contribution < 1.29 is 8.94 Å². The molecule has 0 saturated heterocycles. The van der Waals surface area contributed by atoms with E-state index in [0.29, 0.717) is 0 Å². The van der Waals surface area contributed by atoms with E-state index in [1.54, 1.807) is 6.08 Å². The van der Waals surface area contributed by atoms with Crippen LogP contribution in [0.5, 0.6) is 0 Å². The Morgan fingerprint density at radius 2 is 1.94 bits per heavy atom. The largest absolute Gasteiger partial charge is 0.598 e. The Morgan fingerprint density at radius 1 is 1.33 bits per heavy atom. The summed E-state index contributed by atoms with van der Waals surface area (Å²) in [4.78, 5) is 0. The van der Waals surface area contributed by atoms with Crippen LogP contribution in [-0.2, 0) is 11.4 Å². The molecule has 0 fully saturated rings. The Hall–Kier alpha value is -0.840. The lowest BCUT2D eigenvalue weighted by Crippen LogP contribution is -2.44. The highest BCUT2D eigenvalue weighted by atomic mass is 32.2. The van der Waals surface area contributed by atoms with Gasteiger partial charge < -0.3 is 4.55 Å². The number of hydrogen-bond donors (Lipinski definition) is 1. The van der Waals surface area contributed by atoms with Gasteiger partial charge in [0.25, 0.3) is 0 Å². The predicted octanol–water partition coefficient (Wildman–Crippen LogP) is 3.09. The van der Waals surface area contributed by atoms with Gasteiger partial charge in [0.05, 0.1) is 6.04 Å². The Morgan fingerprint density at radius 3 is 2.44 bits per heavy atom. The van der Waals surface area contributed by atoms with Crippen LogP contribution in [0, 0.1) is 0 Å². The highest BCUT2D eigenvalue weighted by molar-refractivity contribution is 7.90. The van der Waals surface area contributed by atoms with Gasteiger partial charge >= 0.3 is 0 Å². The van der Waals surface area contributed by atoms with Crippen molar-refractivity contribution >= 4 is 17.4 Å². The summed E-state index contributed by atoms with van der Waals surface area (Å²) >= 11 is -1.27. The zero-order chi connectivity index (χ0) is 13.6. The summed E-state index contributed by atoms with van der Waals surface area (Å²) in [5.74, 6) is 0. The summed E-state index contributed by atoms with van der Waals surface area (Å²) in [5, 5.41) is 0. The Kier molecular flexibility index (Phi) is 5.85. The molecule has 2 atom stereocenters. The highest BCUT2D eigenvalue weighted by Crippen LogP contribution is 2.14. The van der Waals surface area contributed by atoms with Crippen LogP contribution >= 0.6 is 0 Å². The second kappa shape index (κ2) is 6.92. The number of alkyl halides is 1. The Balaban J connectivity index is 2.60. The van der Waals surface area contributed by atoms with E-state index in [2.05, 4.69) is 4.72 Å². The van der Waals surface area contributed by atoms with Gasteiger partial charge in [-0.25, -0.2) is 4.39 Å². The maximum atomic E-state index is 12.9. The molecular weight excluding hydrogens is 249 g/mol. The second-order valence-electron chi connectivity index (χ2n) is 5.03. The smallest absolute Gasteiger partial charge is 0.136 e. The van der Waals surface area contributed by atoms with E-state index in [0.717, 1.165) is 5.56 Å². The van der Waals surface area contributed by atoms with E-state index < -0.39 is 28.8 Å². The molecule has 0 aliphatic rings. The van der Waals surface area contributed by atoms with Crippen molar-refractivity contribution in [3.8, 4) is 0 Å². The Labute approximate surface area is 112 Å². The van der Waals surface area contributed by atoms with Gasteiger partial charge in [-0.2, -0.15) is 0 Å². The van der Waals surface area contributed by atoms with Crippen molar-refractivity contribution in [1.82, 2.24) is 4.72 Å². The van der Waals surface area contributed by atoms with Crippen LogP contribution in [0.3, 0.4) is 0 Å². The van der Waals surface area contributed by atoms with Crippen molar-refractivity contribution in [2.75, 3.05) is 6.67 Å². The molecule has 0 aliphatic carbocycles. The first-order valence-corrected chi connectivity index (χ1v) is 7.05. The van der Waals surface area contributed by atoms with Crippen molar-refractivity contribution in [2.24, 2.45) is 0 Å². The minimum Gasteiger partial charge on any atom is -0.598 e. The van der Waals surface area contributed by atoms with Crippen molar-refractivity contribution in [2.45, 2.75) is 31.6 Å². The molecule has 100 valence electrons. The summed E-state index contributed by atoms with van der Waals surface area (Å²) in [5.41, 5.74) is 0.999. The van der Waals surface area contributed by atoms with Crippen LogP contribution in [0.25, 0.3) is 6.08 Å². The zero-order valence-corrected chi connectivity index (χ0v) is 11.8. The normalized spacial score (nSPS) is 15.8. The van der Waals surface area contributed by atoms with E-state index in [9.17, 15) is 8.94 Å². The molecule has 0 radical (unpaired) electrons. The molecule has 0 aromatic heterocycles. The third kappa shape index (κ3) is 5.21. The molecule has 2 nitrogen and oxygen atoms in total. The Bertz CT molecular complexity index is 375. The standard InChI is InChI=1S/C14H20FNOS/c1-14(2,3)18(17)16-13(11-15)10-9-12-7-5-4-6-8-12/h4-10,13,16H,11H2,1-3H3/t13-,18-/m1/s1. The van der Waals surface area contributed by atoms with Gasteiger partial charge in [-0.1, -0.05) is 42.5 Å². The van der Waals surface area contributed by atoms with E-state index in [-0.39, 0.29) is 0 Å². The molecule has 1 aromatic carbocycles. The lowest BCUT2D eigenvalue weighted by Gasteiger charge is -2.25. The average Bonchev–Trinajstić information content (AvgIpc) is 2.34. The summed E-state index contributed by atoms with van der Waals surface area (Å²) < 4.78 is 27.1. The summed E-state index contributed by atoms with van der Waals surface area (Å²) in [6.07, 6.45) is 3.54. The number of nitrogens with one attached hydrogen (secondary N) is 1. The average molecular weight is 269 g/mol. The molecule has 0 bridgehead atoms. The summed E-state index contributed by atoms with van der Waals surface area (Å²) in [6, 6.07) is 9.12.